The smallest absolute Gasteiger partial charge is 0.272 e. The number of anilines is 1. The van der Waals surface area contributed by atoms with Crippen molar-refractivity contribution in [2.45, 2.75) is 26.8 Å². The van der Waals surface area contributed by atoms with Gasteiger partial charge in [-0.1, -0.05) is 25.4 Å². The SMILES string of the molecule is Cc1ncsc1-c1nc(N2CCNC(C(C)C)C2)c(Cl)c(=O)[nH]1. The van der Waals surface area contributed by atoms with E-state index in [-0.39, 0.29) is 10.6 Å². The average molecular weight is 354 g/mol. The molecule has 0 aromatic carbocycles. The summed E-state index contributed by atoms with van der Waals surface area (Å²) in [5.41, 5.74) is 2.30. The Kier molecular flexibility index (Phi) is 4.70. The van der Waals surface area contributed by atoms with Crippen molar-refractivity contribution in [3.05, 3.63) is 26.6 Å². The third-order valence-corrected chi connectivity index (χ3v) is 5.39. The molecular weight excluding hydrogens is 334 g/mol. The number of H-pyrrole nitrogens is 1. The summed E-state index contributed by atoms with van der Waals surface area (Å²) in [6, 6.07) is 0.356. The van der Waals surface area contributed by atoms with Gasteiger partial charge >= 0.3 is 0 Å². The molecule has 0 saturated carbocycles. The summed E-state index contributed by atoms with van der Waals surface area (Å²) < 4.78 is 0. The minimum Gasteiger partial charge on any atom is -0.352 e. The molecule has 1 atom stereocenters. The Balaban J connectivity index is 2.00. The van der Waals surface area contributed by atoms with E-state index in [4.69, 9.17) is 11.6 Å². The third kappa shape index (κ3) is 3.27. The zero-order valence-electron chi connectivity index (χ0n) is 13.4. The number of thiazole rings is 1. The Hall–Kier alpha value is -1.44. The number of hydrogen-bond acceptors (Lipinski definition) is 6. The molecule has 0 radical (unpaired) electrons. The molecule has 2 N–H and O–H groups in total. The first-order valence-corrected chi connectivity index (χ1v) is 8.91. The first-order valence-electron chi connectivity index (χ1n) is 7.66. The maximum atomic E-state index is 12.2. The summed E-state index contributed by atoms with van der Waals surface area (Å²) in [6.07, 6.45) is 0. The molecule has 3 rings (SSSR count). The van der Waals surface area contributed by atoms with Crippen LogP contribution in [0, 0.1) is 12.8 Å². The fraction of sp³-hybridized carbons (Fsp3) is 0.533. The molecular formula is C15H20ClN5OS. The molecule has 2 aromatic rings. The fourth-order valence-electron chi connectivity index (χ4n) is 2.71. The Morgan fingerprint density at radius 2 is 2.26 bits per heavy atom. The number of aryl methyl sites for hydroxylation is 1. The first kappa shape index (κ1) is 16.4. The van der Waals surface area contributed by atoms with Crippen LogP contribution in [0.15, 0.2) is 10.3 Å². The van der Waals surface area contributed by atoms with Crippen molar-refractivity contribution in [2.24, 2.45) is 5.92 Å². The highest BCUT2D eigenvalue weighted by Gasteiger charge is 2.26. The summed E-state index contributed by atoms with van der Waals surface area (Å²) in [4.78, 5) is 26.8. The molecule has 1 unspecified atom stereocenters. The van der Waals surface area contributed by atoms with Gasteiger partial charge in [-0.2, -0.15) is 0 Å². The van der Waals surface area contributed by atoms with Crippen LogP contribution in [-0.4, -0.2) is 40.6 Å². The molecule has 1 aliphatic heterocycles. The van der Waals surface area contributed by atoms with E-state index in [0.29, 0.717) is 23.6 Å². The zero-order valence-corrected chi connectivity index (χ0v) is 15.0. The van der Waals surface area contributed by atoms with Crippen molar-refractivity contribution in [3.63, 3.8) is 0 Å². The molecule has 1 fully saturated rings. The van der Waals surface area contributed by atoms with Gasteiger partial charge in [0.05, 0.1) is 16.1 Å². The van der Waals surface area contributed by atoms with Crippen molar-refractivity contribution in [2.75, 3.05) is 24.5 Å². The molecule has 2 aromatic heterocycles. The number of aromatic nitrogens is 3. The van der Waals surface area contributed by atoms with Gasteiger partial charge in [-0.3, -0.25) is 4.79 Å². The molecule has 0 spiro atoms. The second-order valence-electron chi connectivity index (χ2n) is 6.07. The topological polar surface area (TPSA) is 73.9 Å². The van der Waals surface area contributed by atoms with Crippen LogP contribution in [-0.2, 0) is 0 Å². The minimum atomic E-state index is -0.306. The lowest BCUT2D eigenvalue weighted by Crippen LogP contribution is -2.53. The summed E-state index contributed by atoms with van der Waals surface area (Å²) in [7, 11) is 0. The van der Waals surface area contributed by atoms with Gasteiger partial charge < -0.3 is 15.2 Å². The van der Waals surface area contributed by atoms with E-state index in [2.05, 4.69) is 39.0 Å². The van der Waals surface area contributed by atoms with Crippen LogP contribution in [0.2, 0.25) is 5.02 Å². The highest BCUT2D eigenvalue weighted by molar-refractivity contribution is 7.13. The Labute approximate surface area is 143 Å². The predicted molar refractivity (Wildman–Crippen MR) is 94.6 cm³/mol. The van der Waals surface area contributed by atoms with Crippen molar-refractivity contribution in [1.29, 1.82) is 0 Å². The molecule has 0 bridgehead atoms. The van der Waals surface area contributed by atoms with Gasteiger partial charge in [-0.25, -0.2) is 9.97 Å². The predicted octanol–water partition coefficient (Wildman–Crippen LogP) is 2.29. The second-order valence-corrected chi connectivity index (χ2v) is 7.30. The zero-order chi connectivity index (χ0) is 16.6. The molecule has 6 nitrogen and oxygen atoms in total. The summed E-state index contributed by atoms with van der Waals surface area (Å²) >= 11 is 7.71. The molecule has 23 heavy (non-hydrogen) atoms. The number of aromatic amines is 1. The number of hydrogen-bond donors (Lipinski definition) is 2. The summed E-state index contributed by atoms with van der Waals surface area (Å²) in [5.74, 6) is 1.60. The van der Waals surface area contributed by atoms with Crippen LogP contribution in [0.4, 0.5) is 5.82 Å². The van der Waals surface area contributed by atoms with Crippen molar-refractivity contribution in [3.8, 4) is 10.7 Å². The molecule has 1 aliphatic rings. The number of piperazine rings is 1. The summed E-state index contributed by atoms with van der Waals surface area (Å²) in [6.45, 7) is 8.68. The standard InChI is InChI=1S/C15H20ClN5OS/c1-8(2)10-6-21(5-4-17-10)14-11(16)15(22)20-13(19-14)12-9(3)18-7-23-12/h7-8,10,17H,4-6H2,1-3H3,(H,19,20,22). The lowest BCUT2D eigenvalue weighted by Gasteiger charge is -2.36. The van der Waals surface area contributed by atoms with Gasteiger partial charge in [0, 0.05) is 25.7 Å². The Bertz CT molecular complexity index is 757. The van der Waals surface area contributed by atoms with Crippen LogP contribution in [0.5, 0.6) is 0 Å². The number of nitrogens with zero attached hydrogens (tertiary/aromatic N) is 3. The normalized spacial score (nSPS) is 18.7. The monoisotopic (exact) mass is 353 g/mol. The molecule has 0 aliphatic carbocycles. The van der Waals surface area contributed by atoms with Crippen molar-refractivity contribution in [1.82, 2.24) is 20.3 Å². The lowest BCUT2D eigenvalue weighted by atomic mass is 10.0. The number of rotatable bonds is 3. The maximum Gasteiger partial charge on any atom is 0.272 e. The van der Waals surface area contributed by atoms with Gasteiger partial charge in [-0.05, 0) is 12.8 Å². The van der Waals surface area contributed by atoms with Crippen molar-refractivity contribution < 1.29 is 0 Å². The minimum absolute atomic E-state index is 0.153. The second kappa shape index (κ2) is 6.59. The van der Waals surface area contributed by atoms with E-state index in [9.17, 15) is 4.79 Å². The lowest BCUT2D eigenvalue weighted by molar-refractivity contribution is 0.367. The average Bonchev–Trinajstić information content (AvgIpc) is 2.96. The van der Waals surface area contributed by atoms with Crippen LogP contribution >= 0.6 is 22.9 Å². The van der Waals surface area contributed by atoms with Gasteiger partial charge in [0.1, 0.15) is 5.02 Å². The highest BCUT2D eigenvalue weighted by atomic mass is 35.5. The fourth-order valence-corrected chi connectivity index (χ4v) is 3.67. The van der Waals surface area contributed by atoms with E-state index < -0.39 is 0 Å². The number of nitrogens with one attached hydrogen (secondary N) is 2. The first-order chi connectivity index (χ1) is 11.0. The van der Waals surface area contributed by atoms with Crippen LogP contribution < -0.4 is 15.8 Å². The molecule has 3 heterocycles. The number of halogens is 1. The Morgan fingerprint density at radius 1 is 1.48 bits per heavy atom. The largest absolute Gasteiger partial charge is 0.352 e. The quantitative estimate of drug-likeness (QED) is 0.885. The summed E-state index contributed by atoms with van der Waals surface area (Å²) in [5, 5.41) is 3.65. The Morgan fingerprint density at radius 3 is 2.91 bits per heavy atom. The highest BCUT2D eigenvalue weighted by Crippen LogP contribution is 2.28. The van der Waals surface area contributed by atoms with Crippen LogP contribution in [0.3, 0.4) is 0 Å². The van der Waals surface area contributed by atoms with E-state index in [0.717, 1.165) is 30.2 Å². The van der Waals surface area contributed by atoms with Gasteiger partial charge in [-0.15, -0.1) is 11.3 Å². The molecule has 0 amide bonds. The van der Waals surface area contributed by atoms with Crippen molar-refractivity contribution >= 4 is 28.8 Å². The van der Waals surface area contributed by atoms with Crippen LogP contribution in [0.1, 0.15) is 19.5 Å². The van der Waals surface area contributed by atoms with Gasteiger partial charge in [0.25, 0.3) is 5.56 Å². The van der Waals surface area contributed by atoms with Gasteiger partial charge in [0.2, 0.25) is 0 Å². The molecule has 1 saturated heterocycles. The van der Waals surface area contributed by atoms with E-state index in [1.54, 1.807) is 5.51 Å². The van der Waals surface area contributed by atoms with Gasteiger partial charge in [0.15, 0.2) is 11.6 Å². The van der Waals surface area contributed by atoms with E-state index in [1.807, 2.05) is 6.92 Å². The van der Waals surface area contributed by atoms with Crippen LogP contribution in [0.25, 0.3) is 10.7 Å². The molecule has 124 valence electrons. The van der Waals surface area contributed by atoms with E-state index in [1.165, 1.54) is 11.3 Å². The third-order valence-electron chi connectivity index (χ3n) is 4.12. The maximum absolute atomic E-state index is 12.2. The van der Waals surface area contributed by atoms with E-state index >= 15 is 0 Å². The molecule has 8 heteroatoms.